The predicted octanol–water partition coefficient (Wildman–Crippen LogP) is 1.28. The number of rotatable bonds is 4. The van der Waals surface area contributed by atoms with Gasteiger partial charge in [-0.05, 0) is 34.3 Å². The van der Waals surface area contributed by atoms with Crippen molar-refractivity contribution < 1.29 is 0 Å². The minimum absolute atomic E-state index is 0.373. The lowest BCUT2D eigenvalue weighted by atomic mass is 10.4. The van der Waals surface area contributed by atoms with Gasteiger partial charge in [0.2, 0.25) is 5.16 Å². The lowest BCUT2D eigenvalue weighted by Crippen LogP contribution is -1.99. The first-order valence-electron chi connectivity index (χ1n) is 4.75. The van der Waals surface area contributed by atoms with Crippen LogP contribution in [0.1, 0.15) is 5.69 Å². The first-order valence-corrected chi connectivity index (χ1v) is 5.57. The van der Waals surface area contributed by atoms with Gasteiger partial charge in [-0.1, -0.05) is 12.1 Å². The molecular weight excluding hydrogens is 236 g/mol. The molecule has 0 fully saturated rings. The fourth-order valence-electron chi connectivity index (χ4n) is 1.13. The largest absolute Gasteiger partial charge is 0.230 e. The van der Waals surface area contributed by atoms with E-state index in [1.54, 1.807) is 29.0 Å². The first-order chi connectivity index (χ1) is 8.33. The molecule has 84 valence electrons. The summed E-state index contributed by atoms with van der Waals surface area (Å²) < 4.78 is 1.61. The number of hydrogen-bond acceptors (Lipinski definition) is 6. The van der Waals surface area contributed by atoms with E-state index in [4.69, 9.17) is 5.26 Å². The van der Waals surface area contributed by atoms with Crippen LogP contribution in [0.2, 0.25) is 0 Å². The summed E-state index contributed by atoms with van der Waals surface area (Å²) in [6.45, 7) is 4.16. The summed E-state index contributed by atoms with van der Waals surface area (Å²) in [5.74, 6) is 0. The molecule has 0 amide bonds. The van der Waals surface area contributed by atoms with Crippen molar-refractivity contribution in [2.45, 2.75) is 16.7 Å². The van der Waals surface area contributed by atoms with Crippen LogP contribution in [-0.4, -0.2) is 25.2 Å². The molecule has 2 heterocycles. The van der Waals surface area contributed by atoms with E-state index in [2.05, 4.69) is 27.1 Å². The minimum atomic E-state index is 0.373. The highest BCUT2D eigenvalue weighted by atomic mass is 32.2. The Bertz CT molecular complexity index is 570. The average Bonchev–Trinajstić information content (AvgIpc) is 2.78. The second kappa shape index (κ2) is 5.23. The van der Waals surface area contributed by atoms with Crippen LogP contribution in [0.15, 0.2) is 41.0 Å². The Kier molecular flexibility index (Phi) is 3.47. The first kappa shape index (κ1) is 11.3. The van der Waals surface area contributed by atoms with E-state index in [0.29, 0.717) is 22.4 Å². The molecule has 17 heavy (non-hydrogen) atoms. The smallest absolute Gasteiger partial charge is 0.215 e. The van der Waals surface area contributed by atoms with Gasteiger partial charge in [-0.3, -0.25) is 0 Å². The summed E-state index contributed by atoms with van der Waals surface area (Å²) in [6.07, 6.45) is 1.71. The second-order valence-corrected chi connectivity index (χ2v) is 3.99. The van der Waals surface area contributed by atoms with Crippen molar-refractivity contribution in [1.82, 2.24) is 25.2 Å². The number of pyridine rings is 1. The van der Waals surface area contributed by atoms with Gasteiger partial charge in [-0.25, -0.2) is 9.67 Å². The maximum Gasteiger partial charge on any atom is 0.215 e. The van der Waals surface area contributed by atoms with Gasteiger partial charge in [0, 0.05) is 0 Å². The van der Waals surface area contributed by atoms with Gasteiger partial charge in [0.1, 0.15) is 16.8 Å². The van der Waals surface area contributed by atoms with Gasteiger partial charge in [0.15, 0.2) is 0 Å². The van der Waals surface area contributed by atoms with E-state index in [1.165, 1.54) is 11.8 Å². The fourth-order valence-corrected chi connectivity index (χ4v) is 1.91. The number of aromatic nitrogens is 5. The Hall–Kier alpha value is -2.20. The third-order valence-corrected chi connectivity index (χ3v) is 2.75. The van der Waals surface area contributed by atoms with Crippen LogP contribution in [0, 0.1) is 11.3 Å². The third kappa shape index (κ3) is 2.68. The molecule has 0 bridgehead atoms. The van der Waals surface area contributed by atoms with E-state index in [9.17, 15) is 0 Å². The van der Waals surface area contributed by atoms with Crippen LogP contribution in [0.5, 0.6) is 0 Å². The fraction of sp³-hybridized carbons (Fsp3) is 0.100. The molecule has 0 N–H and O–H groups in total. The molecule has 2 rings (SSSR count). The highest BCUT2D eigenvalue weighted by Gasteiger charge is 2.08. The van der Waals surface area contributed by atoms with Gasteiger partial charge in [0.25, 0.3) is 0 Å². The van der Waals surface area contributed by atoms with Crippen molar-refractivity contribution in [1.29, 1.82) is 5.26 Å². The number of nitrogens with zero attached hydrogens (tertiary/aromatic N) is 6. The number of allylic oxidation sites excluding steroid dienone is 1. The molecule has 0 radical (unpaired) electrons. The van der Waals surface area contributed by atoms with Crippen molar-refractivity contribution in [2.75, 3.05) is 0 Å². The minimum Gasteiger partial charge on any atom is -0.230 e. The third-order valence-electron chi connectivity index (χ3n) is 1.84. The van der Waals surface area contributed by atoms with Gasteiger partial charge in [-0.15, -0.1) is 11.7 Å². The van der Waals surface area contributed by atoms with Crippen LogP contribution in [-0.2, 0) is 6.54 Å². The lowest BCUT2D eigenvalue weighted by Gasteiger charge is -2.00. The summed E-state index contributed by atoms with van der Waals surface area (Å²) in [5, 5.41) is 21.3. The van der Waals surface area contributed by atoms with Crippen LogP contribution in [0.3, 0.4) is 0 Å². The normalized spacial score (nSPS) is 9.82. The molecule has 0 unspecified atom stereocenters. The van der Waals surface area contributed by atoms with Gasteiger partial charge in [0.05, 0.1) is 6.54 Å². The van der Waals surface area contributed by atoms with E-state index in [1.807, 2.05) is 6.07 Å². The molecule has 0 spiro atoms. The lowest BCUT2D eigenvalue weighted by molar-refractivity contribution is 0.614. The summed E-state index contributed by atoms with van der Waals surface area (Å²) in [7, 11) is 0. The zero-order valence-corrected chi connectivity index (χ0v) is 9.63. The van der Waals surface area contributed by atoms with Crippen molar-refractivity contribution in [3.8, 4) is 6.07 Å². The van der Waals surface area contributed by atoms with Crippen molar-refractivity contribution in [2.24, 2.45) is 0 Å². The van der Waals surface area contributed by atoms with E-state index >= 15 is 0 Å². The standard InChI is InChI=1S/C10H8N6S/c1-2-6-16-10(13-14-15-16)17-9-5-3-4-8(7-11)12-9/h2-5H,1,6H2. The summed E-state index contributed by atoms with van der Waals surface area (Å²) in [5.41, 5.74) is 0.373. The molecule has 6 nitrogen and oxygen atoms in total. The van der Waals surface area contributed by atoms with Crippen molar-refractivity contribution in [3.63, 3.8) is 0 Å². The van der Waals surface area contributed by atoms with Crippen LogP contribution in [0.25, 0.3) is 0 Å². The maximum absolute atomic E-state index is 8.75. The molecule has 2 aromatic heterocycles. The molecule has 0 aliphatic carbocycles. The predicted molar refractivity (Wildman–Crippen MR) is 61.1 cm³/mol. The Morgan fingerprint density at radius 2 is 2.41 bits per heavy atom. The molecule has 0 aliphatic heterocycles. The zero-order chi connectivity index (χ0) is 12.1. The molecular formula is C10H8N6S. The molecule has 2 aromatic rings. The molecule has 0 saturated carbocycles. The summed E-state index contributed by atoms with van der Waals surface area (Å²) >= 11 is 1.31. The van der Waals surface area contributed by atoms with Crippen molar-refractivity contribution >= 4 is 11.8 Å². The molecule has 0 saturated heterocycles. The number of tetrazole rings is 1. The van der Waals surface area contributed by atoms with E-state index in [0.717, 1.165) is 0 Å². The Balaban J connectivity index is 2.22. The van der Waals surface area contributed by atoms with Gasteiger partial charge < -0.3 is 0 Å². The Morgan fingerprint density at radius 1 is 1.53 bits per heavy atom. The molecule has 7 heteroatoms. The maximum atomic E-state index is 8.75. The number of nitriles is 1. The quantitative estimate of drug-likeness (QED) is 0.753. The van der Waals surface area contributed by atoms with Crippen LogP contribution < -0.4 is 0 Å². The summed E-state index contributed by atoms with van der Waals surface area (Å²) in [6, 6.07) is 7.21. The van der Waals surface area contributed by atoms with Crippen molar-refractivity contribution in [3.05, 3.63) is 36.5 Å². The van der Waals surface area contributed by atoms with Crippen LogP contribution >= 0.6 is 11.8 Å². The Labute approximate surface area is 102 Å². The molecule has 0 aliphatic rings. The molecule has 0 aromatic carbocycles. The average molecular weight is 244 g/mol. The Morgan fingerprint density at radius 3 is 3.18 bits per heavy atom. The van der Waals surface area contributed by atoms with Crippen LogP contribution in [0.4, 0.5) is 0 Å². The van der Waals surface area contributed by atoms with E-state index in [-0.39, 0.29) is 0 Å². The zero-order valence-electron chi connectivity index (χ0n) is 8.82. The van der Waals surface area contributed by atoms with Gasteiger partial charge in [-0.2, -0.15) is 5.26 Å². The number of hydrogen-bond donors (Lipinski definition) is 0. The summed E-state index contributed by atoms with van der Waals surface area (Å²) in [4.78, 5) is 4.13. The SMILES string of the molecule is C=CCn1nnnc1Sc1cccc(C#N)n1. The highest BCUT2D eigenvalue weighted by molar-refractivity contribution is 7.99. The second-order valence-electron chi connectivity index (χ2n) is 3.01. The topological polar surface area (TPSA) is 80.3 Å². The molecule has 0 atom stereocenters. The van der Waals surface area contributed by atoms with E-state index < -0.39 is 0 Å². The monoisotopic (exact) mass is 244 g/mol. The highest BCUT2D eigenvalue weighted by Crippen LogP contribution is 2.23. The van der Waals surface area contributed by atoms with Gasteiger partial charge >= 0.3 is 0 Å².